The Labute approximate surface area is 168 Å². The number of hydrogen-bond donors (Lipinski definition) is 1. The summed E-state index contributed by atoms with van der Waals surface area (Å²) in [6.45, 7) is 4.36. The number of nitro groups is 2. The molecule has 0 saturated heterocycles. The van der Waals surface area contributed by atoms with Gasteiger partial charge in [-0.1, -0.05) is 0 Å². The number of rotatable bonds is 18. The highest BCUT2D eigenvalue weighted by Gasteiger charge is 2.18. The lowest BCUT2D eigenvalue weighted by molar-refractivity contribution is -0.393. The number of nitrogens with one attached hydrogen (secondary N) is 1. The molecule has 0 fully saturated rings. The monoisotopic (exact) mass is 417 g/mol. The maximum absolute atomic E-state index is 11.0. The molecule has 0 aliphatic heterocycles. The normalized spacial score (nSPS) is 10.8. The highest BCUT2D eigenvalue weighted by Crippen LogP contribution is 2.28. The van der Waals surface area contributed by atoms with E-state index in [0.29, 0.717) is 66.0 Å². The van der Waals surface area contributed by atoms with Crippen LogP contribution in [0.2, 0.25) is 0 Å². The number of nitrogens with zero attached hydrogens (tertiary/aromatic N) is 2. The molecule has 0 unspecified atom stereocenters. The first-order valence-electron chi connectivity index (χ1n) is 9.03. The van der Waals surface area contributed by atoms with E-state index in [1.807, 2.05) is 0 Å². The lowest BCUT2D eigenvalue weighted by atomic mass is 10.2. The van der Waals surface area contributed by atoms with Crippen LogP contribution in [-0.2, 0) is 23.7 Å². The van der Waals surface area contributed by atoms with Crippen LogP contribution in [0, 0.1) is 20.2 Å². The summed E-state index contributed by atoms with van der Waals surface area (Å²) in [6.07, 6.45) is 0. The van der Waals surface area contributed by atoms with Crippen molar-refractivity contribution in [2.75, 3.05) is 78.4 Å². The summed E-state index contributed by atoms with van der Waals surface area (Å²) in [7, 11) is 1.61. The van der Waals surface area contributed by atoms with Crippen LogP contribution < -0.4 is 5.32 Å². The van der Waals surface area contributed by atoms with Gasteiger partial charge in [0, 0.05) is 19.7 Å². The maximum atomic E-state index is 11.0. The number of methoxy groups -OCH3 is 1. The van der Waals surface area contributed by atoms with E-state index in [-0.39, 0.29) is 17.1 Å². The molecular formula is C17H27N3O9. The van der Waals surface area contributed by atoms with E-state index < -0.39 is 9.85 Å². The average Bonchev–Trinajstić information content (AvgIpc) is 2.70. The van der Waals surface area contributed by atoms with Crippen molar-refractivity contribution < 1.29 is 33.5 Å². The zero-order chi connectivity index (χ0) is 21.3. The Morgan fingerprint density at radius 1 is 0.793 bits per heavy atom. The van der Waals surface area contributed by atoms with E-state index in [9.17, 15) is 20.2 Å². The minimum absolute atomic E-state index is 0.198. The first kappa shape index (κ1) is 24.7. The largest absolute Gasteiger partial charge is 0.382 e. The van der Waals surface area contributed by atoms with Crippen molar-refractivity contribution in [3.63, 3.8) is 0 Å². The van der Waals surface area contributed by atoms with Crippen molar-refractivity contribution in [3.8, 4) is 0 Å². The van der Waals surface area contributed by atoms with Gasteiger partial charge in [0.1, 0.15) is 5.69 Å². The third-order valence-electron chi connectivity index (χ3n) is 3.50. The lowest BCUT2D eigenvalue weighted by Crippen LogP contribution is -2.15. The predicted octanol–water partition coefficient (Wildman–Crippen LogP) is 1.63. The highest BCUT2D eigenvalue weighted by molar-refractivity contribution is 5.65. The molecule has 12 nitrogen and oxygen atoms in total. The molecule has 1 N–H and O–H groups in total. The molecule has 0 heterocycles. The minimum Gasteiger partial charge on any atom is -0.382 e. The maximum Gasteiger partial charge on any atom is 0.299 e. The predicted molar refractivity (Wildman–Crippen MR) is 103 cm³/mol. The van der Waals surface area contributed by atoms with Crippen molar-refractivity contribution in [3.05, 3.63) is 38.4 Å². The van der Waals surface area contributed by atoms with Crippen molar-refractivity contribution >= 4 is 17.1 Å². The van der Waals surface area contributed by atoms with Crippen LogP contribution in [0.5, 0.6) is 0 Å². The molecule has 1 aromatic carbocycles. The quantitative estimate of drug-likeness (QED) is 0.212. The molecule has 0 aliphatic carbocycles. The molecule has 29 heavy (non-hydrogen) atoms. The minimum atomic E-state index is -0.679. The van der Waals surface area contributed by atoms with Crippen LogP contribution in [0.4, 0.5) is 17.1 Å². The van der Waals surface area contributed by atoms with Crippen LogP contribution in [-0.4, -0.2) is 83.0 Å². The van der Waals surface area contributed by atoms with Crippen molar-refractivity contribution in [1.29, 1.82) is 0 Å². The lowest BCUT2D eigenvalue weighted by Gasteiger charge is -2.09. The van der Waals surface area contributed by atoms with Crippen LogP contribution in [0.15, 0.2) is 18.2 Å². The molecule has 0 amide bonds. The van der Waals surface area contributed by atoms with Gasteiger partial charge in [0.05, 0.1) is 75.4 Å². The third-order valence-corrected chi connectivity index (χ3v) is 3.50. The molecular weight excluding hydrogens is 390 g/mol. The summed E-state index contributed by atoms with van der Waals surface area (Å²) >= 11 is 0. The van der Waals surface area contributed by atoms with Crippen molar-refractivity contribution in [2.24, 2.45) is 0 Å². The number of hydrogen-bond acceptors (Lipinski definition) is 10. The molecule has 0 saturated carbocycles. The fourth-order valence-electron chi connectivity index (χ4n) is 2.10. The molecule has 0 aliphatic rings. The highest BCUT2D eigenvalue weighted by atomic mass is 16.6. The number of ether oxygens (including phenoxy) is 5. The fraction of sp³-hybridized carbons (Fsp3) is 0.647. The van der Waals surface area contributed by atoms with Crippen molar-refractivity contribution in [2.45, 2.75) is 0 Å². The zero-order valence-corrected chi connectivity index (χ0v) is 16.4. The SMILES string of the molecule is COCCOCCOCCOCCOCCNc1ccc([N+](=O)[O-])cc1[N+](=O)[O-]. The van der Waals surface area contributed by atoms with Crippen LogP contribution in [0.3, 0.4) is 0 Å². The second kappa shape index (κ2) is 15.5. The summed E-state index contributed by atoms with van der Waals surface area (Å²) < 4.78 is 26.1. The fourth-order valence-corrected chi connectivity index (χ4v) is 2.10. The number of non-ortho nitro benzene ring substituents is 1. The van der Waals surface area contributed by atoms with E-state index in [1.165, 1.54) is 12.1 Å². The first-order valence-corrected chi connectivity index (χ1v) is 9.03. The Morgan fingerprint density at radius 2 is 1.31 bits per heavy atom. The molecule has 0 bridgehead atoms. The van der Waals surface area contributed by atoms with E-state index in [0.717, 1.165) is 6.07 Å². The number of anilines is 1. The van der Waals surface area contributed by atoms with E-state index in [4.69, 9.17) is 23.7 Å². The van der Waals surface area contributed by atoms with Gasteiger partial charge in [-0.15, -0.1) is 0 Å². The number of nitro benzene ring substituents is 2. The van der Waals surface area contributed by atoms with Gasteiger partial charge >= 0.3 is 0 Å². The Bertz CT molecular complexity index is 616. The molecule has 12 heteroatoms. The smallest absolute Gasteiger partial charge is 0.299 e. The summed E-state index contributed by atoms with van der Waals surface area (Å²) in [4.78, 5) is 20.4. The van der Waals surface area contributed by atoms with Gasteiger partial charge in [-0.3, -0.25) is 20.2 Å². The van der Waals surface area contributed by atoms with Crippen molar-refractivity contribution in [1.82, 2.24) is 0 Å². The van der Waals surface area contributed by atoms with E-state index in [2.05, 4.69) is 5.32 Å². The van der Waals surface area contributed by atoms with Gasteiger partial charge in [-0.25, -0.2) is 0 Å². The van der Waals surface area contributed by atoms with Gasteiger partial charge in [0.2, 0.25) is 0 Å². The van der Waals surface area contributed by atoms with E-state index >= 15 is 0 Å². The Hall–Kier alpha value is -2.38. The standard InChI is InChI=1S/C17H27N3O9/c1-25-6-7-27-10-11-29-13-12-28-9-8-26-5-4-18-16-3-2-15(19(21)22)14-17(16)20(23)24/h2-3,14,18H,4-13H2,1H3. The van der Waals surface area contributed by atoms with Gasteiger partial charge in [0.15, 0.2) is 0 Å². The first-order chi connectivity index (χ1) is 14.1. The van der Waals surface area contributed by atoms with Crippen LogP contribution in [0.1, 0.15) is 0 Å². The second-order valence-electron chi connectivity index (χ2n) is 5.58. The Balaban J connectivity index is 2.03. The summed E-state index contributed by atoms with van der Waals surface area (Å²) in [5, 5.41) is 24.6. The van der Waals surface area contributed by atoms with Gasteiger partial charge in [0.25, 0.3) is 11.4 Å². The Kier molecular flexibility index (Phi) is 13.2. The van der Waals surface area contributed by atoms with E-state index in [1.54, 1.807) is 7.11 Å². The topological polar surface area (TPSA) is 144 Å². The average molecular weight is 417 g/mol. The van der Waals surface area contributed by atoms with Gasteiger partial charge < -0.3 is 29.0 Å². The van der Waals surface area contributed by atoms with Gasteiger partial charge in [-0.05, 0) is 6.07 Å². The third kappa shape index (κ3) is 11.3. The second-order valence-corrected chi connectivity index (χ2v) is 5.58. The summed E-state index contributed by atoms with van der Waals surface area (Å²) in [5.41, 5.74) is -0.492. The molecule has 0 atom stereocenters. The molecule has 0 spiro atoms. The summed E-state index contributed by atoms with van der Waals surface area (Å²) in [6, 6.07) is 3.44. The zero-order valence-electron chi connectivity index (χ0n) is 16.4. The molecule has 0 aromatic heterocycles. The molecule has 164 valence electrons. The molecule has 1 aromatic rings. The van der Waals surface area contributed by atoms with Crippen LogP contribution >= 0.6 is 0 Å². The number of benzene rings is 1. The molecule has 0 radical (unpaired) electrons. The summed E-state index contributed by atoms with van der Waals surface area (Å²) in [5.74, 6) is 0. The molecule has 1 rings (SSSR count). The van der Waals surface area contributed by atoms with Gasteiger partial charge in [-0.2, -0.15) is 0 Å². The Morgan fingerprint density at radius 3 is 1.79 bits per heavy atom. The van der Waals surface area contributed by atoms with Crippen LogP contribution in [0.25, 0.3) is 0 Å².